The molecule has 1 heterocycles. The Morgan fingerprint density at radius 2 is 1.84 bits per heavy atom. The van der Waals surface area contributed by atoms with Gasteiger partial charge in [0.1, 0.15) is 0 Å². The molecule has 0 radical (unpaired) electrons. The van der Waals surface area contributed by atoms with Crippen molar-refractivity contribution in [1.29, 1.82) is 0 Å². The molecule has 2 aromatic rings. The first-order chi connectivity index (χ1) is 8.86. The fourth-order valence-electron chi connectivity index (χ4n) is 2.25. The van der Waals surface area contributed by atoms with Gasteiger partial charge in [-0.1, -0.05) is 23.8 Å². The van der Waals surface area contributed by atoms with E-state index in [1.165, 1.54) is 22.4 Å². The zero-order valence-electron chi connectivity index (χ0n) is 12.7. The average molecular weight is 256 g/mol. The maximum absolute atomic E-state index is 4.51. The predicted octanol–water partition coefficient (Wildman–Crippen LogP) is 4.04. The Bertz CT molecular complexity index is 559. The number of hydrogen-bond donors (Lipinski definition) is 0. The first kappa shape index (κ1) is 13.9. The lowest BCUT2D eigenvalue weighted by atomic mass is 10.0. The fourth-order valence-corrected chi connectivity index (χ4v) is 2.25. The number of imidazole rings is 1. The highest BCUT2D eigenvalue weighted by molar-refractivity contribution is 5.30. The largest absolute Gasteiger partial charge is 0.332 e. The molecule has 1 aromatic heterocycles. The van der Waals surface area contributed by atoms with Gasteiger partial charge in [-0.15, -0.1) is 0 Å². The second-order valence-corrected chi connectivity index (χ2v) is 6.37. The summed E-state index contributed by atoms with van der Waals surface area (Å²) in [4.78, 5) is 4.51. The first-order valence-electron chi connectivity index (χ1n) is 6.96. The minimum atomic E-state index is 0.116. The smallest absolute Gasteiger partial charge is 0.0954 e. The SMILES string of the molecule is Cc1ccc(CCc2cn(C(C)(C)C)cn2)c(C)c1. The van der Waals surface area contributed by atoms with Crippen molar-refractivity contribution in [1.82, 2.24) is 9.55 Å². The van der Waals surface area contributed by atoms with Crippen LogP contribution in [0.2, 0.25) is 0 Å². The Labute approximate surface area is 116 Å². The summed E-state index contributed by atoms with van der Waals surface area (Å²) in [5.41, 5.74) is 5.43. The van der Waals surface area contributed by atoms with E-state index in [1.807, 2.05) is 6.33 Å². The number of nitrogens with zero attached hydrogens (tertiary/aromatic N) is 2. The number of benzene rings is 1. The summed E-state index contributed by atoms with van der Waals surface area (Å²) in [5, 5.41) is 0. The topological polar surface area (TPSA) is 17.8 Å². The van der Waals surface area contributed by atoms with Crippen LogP contribution in [0.1, 0.15) is 43.2 Å². The normalized spacial score (nSPS) is 11.8. The molecule has 2 heteroatoms. The van der Waals surface area contributed by atoms with E-state index < -0.39 is 0 Å². The molecule has 0 fully saturated rings. The van der Waals surface area contributed by atoms with E-state index in [2.05, 4.69) is 68.6 Å². The molecule has 1 aromatic carbocycles. The van der Waals surface area contributed by atoms with Crippen molar-refractivity contribution in [2.24, 2.45) is 0 Å². The molecule has 2 rings (SSSR count). The number of aryl methyl sites for hydroxylation is 4. The predicted molar refractivity (Wildman–Crippen MR) is 80.5 cm³/mol. The summed E-state index contributed by atoms with van der Waals surface area (Å²) in [5.74, 6) is 0. The van der Waals surface area contributed by atoms with E-state index >= 15 is 0 Å². The van der Waals surface area contributed by atoms with Gasteiger partial charge in [0.2, 0.25) is 0 Å². The summed E-state index contributed by atoms with van der Waals surface area (Å²) < 4.78 is 2.18. The van der Waals surface area contributed by atoms with Gasteiger partial charge in [0.25, 0.3) is 0 Å². The van der Waals surface area contributed by atoms with Crippen LogP contribution in [0.4, 0.5) is 0 Å². The molecule has 0 saturated heterocycles. The lowest BCUT2D eigenvalue weighted by Gasteiger charge is -2.19. The molecule has 0 saturated carbocycles. The molecule has 0 spiro atoms. The minimum Gasteiger partial charge on any atom is -0.332 e. The molecule has 19 heavy (non-hydrogen) atoms. The van der Waals surface area contributed by atoms with Gasteiger partial charge < -0.3 is 4.57 Å². The standard InChI is InChI=1S/C17H24N2/c1-13-6-7-15(14(2)10-13)8-9-16-11-19(12-18-16)17(3,4)5/h6-7,10-12H,8-9H2,1-5H3. The lowest BCUT2D eigenvalue weighted by molar-refractivity contribution is 0.396. The van der Waals surface area contributed by atoms with Crippen LogP contribution < -0.4 is 0 Å². The quantitative estimate of drug-likeness (QED) is 0.810. The third-order valence-corrected chi connectivity index (χ3v) is 3.56. The molecule has 0 unspecified atom stereocenters. The van der Waals surface area contributed by atoms with E-state index in [0.29, 0.717) is 0 Å². The van der Waals surface area contributed by atoms with Crippen molar-refractivity contribution < 1.29 is 0 Å². The molecule has 102 valence electrons. The van der Waals surface area contributed by atoms with E-state index in [-0.39, 0.29) is 5.54 Å². The Balaban J connectivity index is 2.04. The van der Waals surface area contributed by atoms with Gasteiger partial charge in [-0.05, 0) is 58.6 Å². The van der Waals surface area contributed by atoms with Gasteiger partial charge in [0, 0.05) is 11.7 Å². The van der Waals surface area contributed by atoms with E-state index in [0.717, 1.165) is 12.8 Å². The van der Waals surface area contributed by atoms with Gasteiger partial charge in [0.05, 0.1) is 12.0 Å². The van der Waals surface area contributed by atoms with Gasteiger partial charge in [0.15, 0.2) is 0 Å². The summed E-state index contributed by atoms with van der Waals surface area (Å²) in [7, 11) is 0. The lowest BCUT2D eigenvalue weighted by Crippen LogP contribution is -2.19. The summed E-state index contributed by atoms with van der Waals surface area (Å²) >= 11 is 0. The molecule has 0 atom stereocenters. The van der Waals surface area contributed by atoms with E-state index in [1.54, 1.807) is 0 Å². The highest BCUT2D eigenvalue weighted by Gasteiger charge is 2.13. The van der Waals surface area contributed by atoms with Crippen molar-refractivity contribution in [3.05, 3.63) is 53.1 Å². The summed E-state index contributed by atoms with van der Waals surface area (Å²) in [6.45, 7) is 10.9. The van der Waals surface area contributed by atoms with Crippen molar-refractivity contribution in [2.75, 3.05) is 0 Å². The maximum Gasteiger partial charge on any atom is 0.0954 e. The van der Waals surface area contributed by atoms with Gasteiger partial charge in [-0.25, -0.2) is 4.98 Å². The van der Waals surface area contributed by atoms with Gasteiger partial charge in [-0.2, -0.15) is 0 Å². The monoisotopic (exact) mass is 256 g/mol. The van der Waals surface area contributed by atoms with Crippen molar-refractivity contribution in [3.8, 4) is 0 Å². The van der Waals surface area contributed by atoms with Crippen LogP contribution in [0.5, 0.6) is 0 Å². The van der Waals surface area contributed by atoms with E-state index in [4.69, 9.17) is 0 Å². The van der Waals surface area contributed by atoms with Crippen LogP contribution in [0.3, 0.4) is 0 Å². The molecule has 0 aliphatic rings. The number of rotatable bonds is 3. The van der Waals surface area contributed by atoms with Crippen molar-refractivity contribution >= 4 is 0 Å². The highest BCUT2D eigenvalue weighted by Crippen LogP contribution is 2.16. The van der Waals surface area contributed by atoms with Crippen LogP contribution in [-0.4, -0.2) is 9.55 Å². The summed E-state index contributed by atoms with van der Waals surface area (Å²) in [6.07, 6.45) is 6.18. The van der Waals surface area contributed by atoms with Crippen LogP contribution in [-0.2, 0) is 18.4 Å². The Hall–Kier alpha value is -1.57. The number of aromatic nitrogens is 2. The van der Waals surface area contributed by atoms with Crippen molar-refractivity contribution in [3.63, 3.8) is 0 Å². The molecule has 0 N–H and O–H groups in total. The summed E-state index contributed by atoms with van der Waals surface area (Å²) in [6, 6.07) is 6.69. The third-order valence-electron chi connectivity index (χ3n) is 3.56. The second-order valence-electron chi connectivity index (χ2n) is 6.37. The average Bonchev–Trinajstić information content (AvgIpc) is 2.76. The van der Waals surface area contributed by atoms with Crippen LogP contribution in [0.15, 0.2) is 30.7 Å². The van der Waals surface area contributed by atoms with Crippen molar-refractivity contribution in [2.45, 2.75) is 53.0 Å². The molecule has 0 aliphatic carbocycles. The first-order valence-corrected chi connectivity index (χ1v) is 6.96. The molecule has 2 nitrogen and oxygen atoms in total. The van der Waals surface area contributed by atoms with Crippen LogP contribution in [0, 0.1) is 13.8 Å². The highest BCUT2D eigenvalue weighted by atomic mass is 15.1. The molecule has 0 bridgehead atoms. The number of hydrogen-bond acceptors (Lipinski definition) is 1. The van der Waals surface area contributed by atoms with Crippen LogP contribution >= 0.6 is 0 Å². The minimum absolute atomic E-state index is 0.116. The van der Waals surface area contributed by atoms with Gasteiger partial charge in [-0.3, -0.25) is 0 Å². The zero-order chi connectivity index (χ0) is 14.0. The molecular weight excluding hydrogens is 232 g/mol. The Morgan fingerprint density at radius 3 is 2.42 bits per heavy atom. The zero-order valence-corrected chi connectivity index (χ0v) is 12.7. The molecule has 0 amide bonds. The maximum atomic E-state index is 4.51. The van der Waals surface area contributed by atoms with Gasteiger partial charge >= 0.3 is 0 Å². The second kappa shape index (κ2) is 5.20. The molecule has 0 aliphatic heterocycles. The Kier molecular flexibility index (Phi) is 3.79. The molecular formula is C17H24N2. The third kappa shape index (κ3) is 3.46. The fraction of sp³-hybridized carbons (Fsp3) is 0.471. The van der Waals surface area contributed by atoms with Crippen LogP contribution in [0.25, 0.3) is 0 Å². The Morgan fingerprint density at radius 1 is 1.11 bits per heavy atom. The van der Waals surface area contributed by atoms with E-state index in [9.17, 15) is 0 Å².